The van der Waals surface area contributed by atoms with Crippen LogP contribution >= 0.6 is 0 Å². The third-order valence-electron chi connectivity index (χ3n) is 2.51. The van der Waals surface area contributed by atoms with Gasteiger partial charge in [-0.05, 0) is 13.0 Å². The Bertz CT molecular complexity index is 589. The van der Waals surface area contributed by atoms with Crippen molar-refractivity contribution < 1.29 is 18.0 Å². The summed E-state index contributed by atoms with van der Waals surface area (Å²) in [4.78, 5) is 15.1. The Morgan fingerprint density at radius 2 is 2.25 bits per heavy atom. The van der Waals surface area contributed by atoms with E-state index in [4.69, 9.17) is 0 Å². The third-order valence-corrected chi connectivity index (χ3v) is 2.51. The fraction of sp³-hybridized carbons (Fsp3) is 0.400. The lowest BCUT2D eigenvalue weighted by atomic mass is 10.3. The van der Waals surface area contributed by atoms with Crippen molar-refractivity contribution in [2.45, 2.75) is 19.6 Å². The smallest absolute Gasteiger partial charge is 0.347 e. The van der Waals surface area contributed by atoms with Crippen molar-refractivity contribution >= 4 is 5.91 Å². The summed E-state index contributed by atoms with van der Waals surface area (Å²) in [6.07, 6.45) is -3.29. The second-order valence-electron chi connectivity index (χ2n) is 3.98. The van der Waals surface area contributed by atoms with Gasteiger partial charge in [0.1, 0.15) is 6.33 Å². The van der Waals surface area contributed by atoms with Crippen molar-refractivity contribution in [1.29, 1.82) is 0 Å². The monoisotopic (exact) mass is 288 g/mol. The Morgan fingerprint density at radius 3 is 2.80 bits per heavy atom. The van der Waals surface area contributed by atoms with E-state index in [0.717, 1.165) is 6.07 Å². The molecule has 0 aliphatic carbocycles. The first-order chi connectivity index (χ1) is 9.38. The molecule has 2 N–H and O–H groups in total. The lowest BCUT2D eigenvalue weighted by Gasteiger charge is -2.05. The molecule has 2 heterocycles. The number of hydrogen-bond donors (Lipinski definition) is 2. The molecule has 2 rings (SSSR count). The minimum Gasteiger partial charge on any atom is -0.347 e. The fourth-order valence-corrected chi connectivity index (χ4v) is 1.55. The quantitative estimate of drug-likeness (QED) is 0.869. The summed E-state index contributed by atoms with van der Waals surface area (Å²) >= 11 is 0. The van der Waals surface area contributed by atoms with Crippen LogP contribution in [0.25, 0.3) is 0 Å². The van der Waals surface area contributed by atoms with Crippen LogP contribution in [0.1, 0.15) is 22.0 Å². The van der Waals surface area contributed by atoms with Crippen molar-refractivity contribution in [3.8, 4) is 0 Å². The van der Waals surface area contributed by atoms with Crippen molar-refractivity contribution in [2.24, 2.45) is 0 Å². The van der Waals surface area contributed by atoms with E-state index in [1.165, 1.54) is 17.9 Å². The second kappa shape index (κ2) is 5.31. The van der Waals surface area contributed by atoms with E-state index in [1.807, 2.05) is 0 Å². The summed E-state index contributed by atoms with van der Waals surface area (Å²) in [6, 6.07) is 0.957. The van der Waals surface area contributed by atoms with Crippen LogP contribution in [0.15, 0.2) is 12.4 Å². The molecule has 0 fully saturated rings. The SMILES string of the molecule is Cc1cc(C(F)(F)F)nn1CCNC(=O)c1ncn[nH]1. The predicted molar refractivity (Wildman–Crippen MR) is 60.7 cm³/mol. The normalized spacial score (nSPS) is 11.6. The number of nitrogens with zero attached hydrogens (tertiary/aromatic N) is 4. The molecule has 0 saturated heterocycles. The number of H-pyrrole nitrogens is 1. The number of alkyl halides is 3. The maximum Gasteiger partial charge on any atom is 0.435 e. The average Bonchev–Trinajstić information content (AvgIpc) is 2.98. The van der Waals surface area contributed by atoms with E-state index >= 15 is 0 Å². The highest BCUT2D eigenvalue weighted by atomic mass is 19.4. The maximum absolute atomic E-state index is 12.5. The van der Waals surface area contributed by atoms with Gasteiger partial charge in [0, 0.05) is 12.2 Å². The third kappa shape index (κ3) is 3.13. The molecule has 20 heavy (non-hydrogen) atoms. The van der Waals surface area contributed by atoms with Gasteiger partial charge in [-0.25, -0.2) is 4.98 Å². The maximum atomic E-state index is 12.5. The van der Waals surface area contributed by atoms with Crippen LogP contribution in [0.2, 0.25) is 0 Å². The number of amides is 1. The largest absolute Gasteiger partial charge is 0.435 e. The van der Waals surface area contributed by atoms with Crippen LogP contribution in [0, 0.1) is 6.92 Å². The van der Waals surface area contributed by atoms with Gasteiger partial charge in [0.15, 0.2) is 5.69 Å². The Kier molecular flexibility index (Phi) is 3.72. The zero-order valence-corrected chi connectivity index (χ0v) is 10.4. The fourth-order valence-electron chi connectivity index (χ4n) is 1.55. The van der Waals surface area contributed by atoms with E-state index in [9.17, 15) is 18.0 Å². The highest BCUT2D eigenvalue weighted by Gasteiger charge is 2.34. The number of nitrogens with one attached hydrogen (secondary N) is 2. The molecule has 0 atom stereocenters. The van der Waals surface area contributed by atoms with Gasteiger partial charge in [-0.1, -0.05) is 0 Å². The van der Waals surface area contributed by atoms with Crippen molar-refractivity contribution in [1.82, 2.24) is 30.3 Å². The predicted octanol–water partition coefficient (Wildman–Crippen LogP) is 0.758. The molecule has 0 unspecified atom stereocenters. The average molecular weight is 288 g/mol. The van der Waals surface area contributed by atoms with E-state index in [2.05, 4.69) is 25.6 Å². The molecule has 108 valence electrons. The molecule has 10 heteroatoms. The van der Waals surface area contributed by atoms with Gasteiger partial charge in [0.05, 0.1) is 6.54 Å². The Labute approximate surface area is 111 Å². The van der Waals surface area contributed by atoms with Crippen LogP contribution in [-0.4, -0.2) is 37.4 Å². The topological polar surface area (TPSA) is 88.5 Å². The molecule has 0 aliphatic rings. The van der Waals surface area contributed by atoms with Crippen molar-refractivity contribution in [2.75, 3.05) is 6.54 Å². The Balaban J connectivity index is 1.92. The number of aromatic amines is 1. The van der Waals surface area contributed by atoms with Crippen molar-refractivity contribution in [3.05, 3.63) is 29.6 Å². The molecule has 0 spiro atoms. The first kappa shape index (κ1) is 14.0. The lowest BCUT2D eigenvalue weighted by molar-refractivity contribution is -0.141. The molecule has 0 bridgehead atoms. The first-order valence-electron chi connectivity index (χ1n) is 5.63. The van der Waals surface area contributed by atoms with E-state index in [0.29, 0.717) is 5.69 Å². The van der Waals surface area contributed by atoms with Crippen LogP contribution in [0.4, 0.5) is 13.2 Å². The summed E-state index contributed by atoms with van der Waals surface area (Å²) < 4.78 is 38.5. The van der Waals surface area contributed by atoms with Gasteiger partial charge in [-0.2, -0.15) is 23.4 Å². The number of halogens is 3. The Hall–Kier alpha value is -2.39. The summed E-state index contributed by atoms with van der Waals surface area (Å²) in [5.74, 6) is -0.443. The Morgan fingerprint density at radius 1 is 1.50 bits per heavy atom. The van der Waals surface area contributed by atoms with Crippen LogP contribution in [0.5, 0.6) is 0 Å². The van der Waals surface area contributed by atoms with Crippen LogP contribution < -0.4 is 5.32 Å². The molecule has 2 aromatic rings. The van der Waals surface area contributed by atoms with Gasteiger partial charge in [-0.3, -0.25) is 14.6 Å². The van der Waals surface area contributed by atoms with Crippen LogP contribution in [0.3, 0.4) is 0 Å². The summed E-state index contributed by atoms with van der Waals surface area (Å²) in [7, 11) is 0. The minimum absolute atomic E-state index is 0.0400. The summed E-state index contributed by atoms with van der Waals surface area (Å²) in [5, 5.41) is 11.8. The minimum atomic E-state index is -4.47. The van der Waals surface area contributed by atoms with Gasteiger partial charge in [0.2, 0.25) is 5.82 Å². The number of hydrogen-bond acceptors (Lipinski definition) is 4. The van der Waals surface area contributed by atoms with Gasteiger partial charge < -0.3 is 5.32 Å². The number of carbonyl (C=O) groups is 1. The standard InChI is InChI=1S/C10H11F3N6O/c1-6-4-7(10(11,12)13)18-19(6)3-2-14-9(20)8-15-5-16-17-8/h4-5H,2-3H2,1H3,(H,14,20)(H,15,16,17). The number of aromatic nitrogens is 5. The zero-order valence-electron chi connectivity index (χ0n) is 10.4. The molecular weight excluding hydrogens is 277 g/mol. The summed E-state index contributed by atoms with van der Waals surface area (Å²) in [5.41, 5.74) is -0.581. The second-order valence-corrected chi connectivity index (χ2v) is 3.98. The van der Waals surface area contributed by atoms with Crippen molar-refractivity contribution in [3.63, 3.8) is 0 Å². The lowest BCUT2D eigenvalue weighted by Crippen LogP contribution is -2.28. The zero-order chi connectivity index (χ0) is 14.8. The molecule has 0 aromatic carbocycles. The number of aryl methyl sites for hydroxylation is 1. The molecule has 1 amide bonds. The molecule has 0 aliphatic heterocycles. The van der Waals surface area contributed by atoms with Crippen LogP contribution in [-0.2, 0) is 12.7 Å². The van der Waals surface area contributed by atoms with Gasteiger partial charge in [-0.15, -0.1) is 0 Å². The molecular formula is C10H11F3N6O. The van der Waals surface area contributed by atoms with E-state index < -0.39 is 17.8 Å². The number of rotatable bonds is 4. The van der Waals surface area contributed by atoms with Gasteiger partial charge >= 0.3 is 6.18 Å². The molecule has 0 radical (unpaired) electrons. The molecule has 0 saturated carbocycles. The molecule has 7 nitrogen and oxygen atoms in total. The molecule has 2 aromatic heterocycles. The summed E-state index contributed by atoms with van der Waals surface area (Å²) in [6.45, 7) is 1.77. The van der Waals surface area contributed by atoms with E-state index in [1.54, 1.807) is 0 Å². The first-order valence-corrected chi connectivity index (χ1v) is 5.63. The highest BCUT2D eigenvalue weighted by molar-refractivity contribution is 5.90. The van der Waals surface area contributed by atoms with E-state index in [-0.39, 0.29) is 18.9 Å². The number of carbonyl (C=O) groups excluding carboxylic acids is 1. The van der Waals surface area contributed by atoms with Gasteiger partial charge in [0.25, 0.3) is 5.91 Å². The highest BCUT2D eigenvalue weighted by Crippen LogP contribution is 2.28.